The highest BCUT2D eigenvalue weighted by Gasteiger charge is 2.08. The Kier molecular flexibility index (Phi) is 3.61. The quantitative estimate of drug-likeness (QED) is 0.674. The maximum Gasteiger partial charge on any atom is 0.376 e. The van der Waals surface area contributed by atoms with Gasteiger partial charge in [-0.05, 0) is 17.5 Å². The molecule has 0 atom stereocenters. The van der Waals surface area contributed by atoms with Crippen LogP contribution in [0.3, 0.4) is 0 Å². The predicted molar refractivity (Wildman–Crippen MR) is 72.2 cm³/mol. The second-order valence-electron chi connectivity index (χ2n) is 3.91. The first-order valence-electron chi connectivity index (χ1n) is 5.64. The molecule has 0 bridgehead atoms. The number of rotatable bonds is 4. The molecule has 4 heteroatoms. The largest absolute Gasteiger partial charge is 0.495 e. The molecule has 0 unspecified atom stereocenters. The van der Waals surface area contributed by atoms with Gasteiger partial charge in [0.2, 0.25) is 0 Å². The van der Waals surface area contributed by atoms with Crippen molar-refractivity contribution in [1.29, 1.82) is 0 Å². The number of hydrogen-bond donors (Lipinski definition) is 1. The first-order chi connectivity index (χ1) is 9.13. The number of carboxylic acids is 1. The van der Waals surface area contributed by atoms with Gasteiger partial charge in [-0.2, -0.15) is 0 Å². The fraction of sp³-hybridized carbons (Fsp3) is 0.0667. The number of carbonyl (C=O) groups excluding carboxylic acids is 1. The fourth-order valence-corrected chi connectivity index (χ4v) is 1.86. The van der Waals surface area contributed by atoms with Crippen molar-refractivity contribution in [3.05, 3.63) is 48.0 Å². The second-order valence-corrected chi connectivity index (χ2v) is 3.91. The Morgan fingerprint density at radius 3 is 2.58 bits per heavy atom. The first kappa shape index (κ1) is 12.8. The lowest BCUT2D eigenvalue weighted by atomic mass is 10.0. The number of fused-ring (bicyclic) bond motifs is 1. The molecule has 1 N–H and O–H groups in total. The summed E-state index contributed by atoms with van der Waals surface area (Å²) in [6.45, 7) is 0. The Balaban J connectivity index is 2.49. The van der Waals surface area contributed by atoms with E-state index in [-0.39, 0.29) is 0 Å². The number of ether oxygens (including phenoxy) is 1. The van der Waals surface area contributed by atoms with Crippen LogP contribution in [0.1, 0.15) is 5.56 Å². The lowest BCUT2D eigenvalue weighted by molar-refractivity contribution is -0.146. The van der Waals surface area contributed by atoms with Gasteiger partial charge in [0, 0.05) is 10.9 Å². The molecule has 96 valence electrons. The number of ketones is 1. The zero-order chi connectivity index (χ0) is 13.8. The molecule has 0 saturated carbocycles. The SMILES string of the molecule is COc1c(C=CC(=O)C(=O)O)ccc2ccccc12. The van der Waals surface area contributed by atoms with E-state index in [1.54, 1.807) is 6.07 Å². The van der Waals surface area contributed by atoms with Gasteiger partial charge in [-0.1, -0.05) is 36.4 Å². The van der Waals surface area contributed by atoms with Gasteiger partial charge in [0.05, 0.1) is 7.11 Å². The van der Waals surface area contributed by atoms with E-state index in [0.717, 1.165) is 16.8 Å². The van der Waals surface area contributed by atoms with Crippen LogP contribution in [0, 0.1) is 0 Å². The number of carbonyl (C=O) groups is 2. The Morgan fingerprint density at radius 2 is 1.89 bits per heavy atom. The van der Waals surface area contributed by atoms with Crippen LogP contribution >= 0.6 is 0 Å². The summed E-state index contributed by atoms with van der Waals surface area (Å²) in [5.41, 5.74) is 0.663. The monoisotopic (exact) mass is 256 g/mol. The third kappa shape index (κ3) is 2.63. The van der Waals surface area contributed by atoms with Gasteiger partial charge in [-0.3, -0.25) is 4.79 Å². The van der Waals surface area contributed by atoms with Crippen molar-refractivity contribution in [2.24, 2.45) is 0 Å². The smallest absolute Gasteiger partial charge is 0.376 e. The molecular formula is C15H12O4. The van der Waals surface area contributed by atoms with Crippen molar-refractivity contribution in [3.63, 3.8) is 0 Å². The molecule has 19 heavy (non-hydrogen) atoms. The van der Waals surface area contributed by atoms with Crippen molar-refractivity contribution >= 4 is 28.6 Å². The van der Waals surface area contributed by atoms with Gasteiger partial charge in [0.1, 0.15) is 5.75 Å². The minimum absolute atomic E-state index is 0.618. The number of benzene rings is 2. The van der Waals surface area contributed by atoms with E-state index >= 15 is 0 Å². The zero-order valence-corrected chi connectivity index (χ0v) is 10.3. The third-order valence-electron chi connectivity index (χ3n) is 2.74. The van der Waals surface area contributed by atoms with Crippen LogP contribution in [0.2, 0.25) is 0 Å². The van der Waals surface area contributed by atoms with Gasteiger partial charge in [-0.25, -0.2) is 4.79 Å². The van der Waals surface area contributed by atoms with Crippen LogP contribution in [-0.2, 0) is 9.59 Å². The summed E-state index contributed by atoms with van der Waals surface area (Å²) in [7, 11) is 1.54. The van der Waals surface area contributed by atoms with E-state index in [0.29, 0.717) is 11.3 Å². The van der Waals surface area contributed by atoms with E-state index < -0.39 is 11.8 Å². The highest BCUT2D eigenvalue weighted by atomic mass is 16.5. The number of aliphatic carboxylic acids is 1. The van der Waals surface area contributed by atoms with Crippen LogP contribution in [0.15, 0.2) is 42.5 Å². The highest BCUT2D eigenvalue weighted by Crippen LogP contribution is 2.30. The average Bonchev–Trinajstić information content (AvgIpc) is 2.43. The molecule has 0 amide bonds. The van der Waals surface area contributed by atoms with Crippen LogP contribution < -0.4 is 4.74 Å². The summed E-state index contributed by atoms with van der Waals surface area (Å²) in [4.78, 5) is 21.5. The van der Waals surface area contributed by atoms with Crippen LogP contribution in [0.5, 0.6) is 5.75 Å². The Hall–Kier alpha value is -2.62. The fourth-order valence-electron chi connectivity index (χ4n) is 1.86. The Morgan fingerprint density at radius 1 is 1.16 bits per heavy atom. The van der Waals surface area contributed by atoms with E-state index in [9.17, 15) is 9.59 Å². The van der Waals surface area contributed by atoms with Gasteiger partial charge in [0.15, 0.2) is 0 Å². The van der Waals surface area contributed by atoms with Gasteiger partial charge in [-0.15, -0.1) is 0 Å². The number of hydrogen-bond acceptors (Lipinski definition) is 3. The standard InChI is InChI=1S/C15H12O4/c1-19-14-11(8-9-13(16)15(17)18)7-6-10-4-2-3-5-12(10)14/h2-9H,1H3,(H,17,18). The zero-order valence-electron chi connectivity index (χ0n) is 10.3. The van der Waals surface area contributed by atoms with Crippen LogP contribution in [0.25, 0.3) is 16.8 Å². The average molecular weight is 256 g/mol. The lowest BCUT2D eigenvalue weighted by Gasteiger charge is -2.08. The normalized spacial score (nSPS) is 10.8. The van der Waals surface area contributed by atoms with E-state index in [2.05, 4.69) is 0 Å². The summed E-state index contributed by atoms with van der Waals surface area (Å²) in [6, 6.07) is 11.3. The molecule has 0 saturated heterocycles. The third-order valence-corrected chi connectivity index (χ3v) is 2.74. The molecule has 2 aromatic carbocycles. The van der Waals surface area contributed by atoms with E-state index in [1.807, 2.05) is 30.3 Å². The second kappa shape index (κ2) is 5.35. The molecule has 2 rings (SSSR count). The maximum absolute atomic E-state index is 11.1. The van der Waals surface area contributed by atoms with Gasteiger partial charge >= 0.3 is 5.97 Å². The van der Waals surface area contributed by atoms with E-state index in [1.165, 1.54) is 13.2 Å². The van der Waals surface area contributed by atoms with Crippen LogP contribution in [-0.4, -0.2) is 24.0 Å². The minimum atomic E-state index is -1.48. The topological polar surface area (TPSA) is 63.6 Å². The molecular weight excluding hydrogens is 244 g/mol. The molecule has 0 heterocycles. The predicted octanol–water partition coefficient (Wildman–Crippen LogP) is 2.52. The molecule has 0 radical (unpaired) electrons. The summed E-state index contributed by atoms with van der Waals surface area (Å²) >= 11 is 0. The molecule has 0 aliphatic heterocycles. The molecule has 0 aliphatic rings. The van der Waals surface area contributed by atoms with Gasteiger partial charge in [0.25, 0.3) is 5.78 Å². The molecule has 0 aliphatic carbocycles. The van der Waals surface area contributed by atoms with Crippen molar-refractivity contribution in [1.82, 2.24) is 0 Å². The lowest BCUT2D eigenvalue weighted by Crippen LogP contribution is -2.08. The summed E-state index contributed by atoms with van der Waals surface area (Å²) in [5.74, 6) is -1.82. The Labute approximate surface area is 109 Å². The number of methoxy groups -OCH3 is 1. The summed E-state index contributed by atoms with van der Waals surface area (Å²) in [5, 5.41) is 10.5. The minimum Gasteiger partial charge on any atom is -0.495 e. The van der Waals surface area contributed by atoms with E-state index in [4.69, 9.17) is 9.84 Å². The molecule has 0 aromatic heterocycles. The molecule has 0 fully saturated rings. The maximum atomic E-state index is 11.1. The van der Waals surface area contributed by atoms with Crippen LogP contribution in [0.4, 0.5) is 0 Å². The van der Waals surface area contributed by atoms with Crippen molar-refractivity contribution in [2.75, 3.05) is 7.11 Å². The summed E-state index contributed by atoms with van der Waals surface area (Å²) < 4.78 is 5.34. The molecule has 4 nitrogen and oxygen atoms in total. The molecule has 2 aromatic rings. The highest BCUT2D eigenvalue weighted by molar-refractivity contribution is 6.38. The van der Waals surface area contributed by atoms with Crippen molar-refractivity contribution < 1.29 is 19.4 Å². The number of carboxylic acid groups (broad SMARTS) is 1. The Bertz CT molecular complexity index is 671. The summed E-state index contributed by atoms with van der Waals surface area (Å²) in [6.07, 6.45) is 2.47. The first-order valence-corrected chi connectivity index (χ1v) is 5.64. The van der Waals surface area contributed by atoms with Crippen molar-refractivity contribution in [3.8, 4) is 5.75 Å². The van der Waals surface area contributed by atoms with Crippen molar-refractivity contribution in [2.45, 2.75) is 0 Å². The van der Waals surface area contributed by atoms with Gasteiger partial charge < -0.3 is 9.84 Å². The molecule has 0 spiro atoms.